The van der Waals surface area contributed by atoms with Gasteiger partial charge in [0.05, 0.1) is 18.9 Å². The van der Waals surface area contributed by atoms with Crippen molar-refractivity contribution in [2.45, 2.75) is 49.8 Å². The average molecular weight is 469 g/mol. The van der Waals surface area contributed by atoms with Crippen LogP contribution in [0.5, 0.6) is 23.0 Å². The van der Waals surface area contributed by atoms with E-state index in [1.54, 1.807) is 7.11 Å². The third-order valence-corrected chi connectivity index (χ3v) is 7.95. The first-order valence-electron chi connectivity index (χ1n) is 12.4. The molecule has 3 aliphatic heterocycles. The maximum atomic E-state index is 6.89. The van der Waals surface area contributed by atoms with Gasteiger partial charge in [-0.2, -0.15) is 5.10 Å². The van der Waals surface area contributed by atoms with Gasteiger partial charge < -0.3 is 18.9 Å². The van der Waals surface area contributed by atoms with Crippen molar-refractivity contribution in [1.82, 2.24) is 5.01 Å². The zero-order valence-corrected chi connectivity index (χ0v) is 19.8. The lowest BCUT2D eigenvalue weighted by Gasteiger charge is -2.50. The standard InChI is InChI=1S/C29H28N2O4/c1-32-26-9-5-8-22-24-17-23(21-10-11-25-27(16-21)34-18-33-25)30-31(24)29(35-28(22)26)14-12-20(13-15-29)19-6-3-2-4-7-19/h2-11,16,20,24H,12-15,17-18H2,1H3. The lowest BCUT2D eigenvalue weighted by Crippen LogP contribution is -2.55. The van der Waals surface area contributed by atoms with Crippen LogP contribution in [0.3, 0.4) is 0 Å². The molecule has 4 aliphatic rings. The smallest absolute Gasteiger partial charge is 0.231 e. The summed E-state index contributed by atoms with van der Waals surface area (Å²) in [6.45, 7) is 0.271. The predicted molar refractivity (Wildman–Crippen MR) is 132 cm³/mol. The van der Waals surface area contributed by atoms with E-state index in [4.69, 9.17) is 24.0 Å². The fourth-order valence-electron chi connectivity index (χ4n) is 6.14. The Morgan fingerprint density at radius 3 is 2.60 bits per heavy atom. The number of hydrazone groups is 1. The van der Waals surface area contributed by atoms with E-state index >= 15 is 0 Å². The van der Waals surface area contributed by atoms with Crippen LogP contribution in [0, 0.1) is 0 Å². The molecule has 7 rings (SSSR count). The summed E-state index contributed by atoms with van der Waals surface area (Å²) >= 11 is 0. The van der Waals surface area contributed by atoms with Gasteiger partial charge in [0.1, 0.15) is 0 Å². The molecule has 1 atom stereocenters. The number of ether oxygens (including phenoxy) is 4. The van der Waals surface area contributed by atoms with Gasteiger partial charge in [-0.05, 0) is 48.6 Å². The molecular formula is C29H28N2O4. The number of benzene rings is 3. The summed E-state index contributed by atoms with van der Waals surface area (Å²) in [5.74, 6) is 3.79. The molecule has 3 heterocycles. The molecule has 1 saturated carbocycles. The highest BCUT2D eigenvalue weighted by molar-refractivity contribution is 6.02. The highest BCUT2D eigenvalue weighted by Gasteiger charge is 2.52. The average Bonchev–Trinajstić information content (AvgIpc) is 3.57. The Kier molecular flexibility index (Phi) is 4.69. The molecule has 0 amide bonds. The van der Waals surface area contributed by atoms with E-state index in [1.807, 2.05) is 24.3 Å². The molecule has 0 radical (unpaired) electrons. The Labute approximate surface area is 205 Å². The molecule has 35 heavy (non-hydrogen) atoms. The summed E-state index contributed by atoms with van der Waals surface area (Å²) < 4.78 is 23.8. The Morgan fingerprint density at radius 2 is 1.77 bits per heavy atom. The van der Waals surface area contributed by atoms with E-state index in [0.29, 0.717) is 5.92 Å². The van der Waals surface area contributed by atoms with Crippen LogP contribution in [-0.4, -0.2) is 30.3 Å². The monoisotopic (exact) mass is 468 g/mol. The van der Waals surface area contributed by atoms with E-state index < -0.39 is 5.72 Å². The van der Waals surface area contributed by atoms with Crippen molar-refractivity contribution >= 4 is 5.71 Å². The molecule has 1 unspecified atom stereocenters. The van der Waals surface area contributed by atoms with Gasteiger partial charge in [-0.3, -0.25) is 0 Å². The molecule has 1 fully saturated rings. The fourth-order valence-corrected chi connectivity index (χ4v) is 6.14. The second-order valence-corrected chi connectivity index (χ2v) is 9.79. The summed E-state index contributed by atoms with van der Waals surface area (Å²) in [5, 5.41) is 7.48. The summed E-state index contributed by atoms with van der Waals surface area (Å²) in [5.41, 5.74) is 4.20. The molecule has 3 aromatic rings. The Balaban J connectivity index is 1.26. The number of hydrogen-bond donors (Lipinski definition) is 0. The minimum atomic E-state index is -0.477. The molecule has 0 aromatic heterocycles. The van der Waals surface area contributed by atoms with Gasteiger partial charge >= 0.3 is 0 Å². The van der Waals surface area contributed by atoms with Crippen LogP contribution in [0.2, 0.25) is 0 Å². The number of methoxy groups -OCH3 is 1. The number of rotatable bonds is 3. The number of hydrogen-bond acceptors (Lipinski definition) is 6. The molecule has 0 N–H and O–H groups in total. The van der Waals surface area contributed by atoms with Crippen LogP contribution in [0.1, 0.15) is 60.8 Å². The van der Waals surface area contributed by atoms with Gasteiger partial charge in [-0.1, -0.05) is 42.5 Å². The summed E-state index contributed by atoms with van der Waals surface area (Å²) in [7, 11) is 1.72. The van der Waals surface area contributed by atoms with Crippen molar-refractivity contribution in [3.05, 3.63) is 83.4 Å². The van der Waals surface area contributed by atoms with E-state index in [-0.39, 0.29) is 12.8 Å². The normalized spacial score (nSPS) is 26.1. The summed E-state index contributed by atoms with van der Waals surface area (Å²) in [6, 6.07) is 23.3. The van der Waals surface area contributed by atoms with E-state index in [1.165, 1.54) is 5.56 Å². The van der Waals surface area contributed by atoms with Crippen LogP contribution in [0.15, 0.2) is 71.8 Å². The summed E-state index contributed by atoms with van der Waals surface area (Å²) in [6.07, 6.45) is 4.77. The Bertz CT molecular complexity index is 1300. The van der Waals surface area contributed by atoms with Crippen LogP contribution in [0.4, 0.5) is 0 Å². The first kappa shape index (κ1) is 20.7. The molecular weight excluding hydrogens is 440 g/mol. The highest BCUT2D eigenvalue weighted by Crippen LogP contribution is 2.55. The minimum Gasteiger partial charge on any atom is -0.493 e. The van der Waals surface area contributed by atoms with Gasteiger partial charge in [-0.15, -0.1) is 0 Å². The zero-order valence-electron chi connectivity index (χ0n) is 19.8. The van der Waals surface area contributed by atoms with Crippen LogP contribution in [0.25, 0.3) is 0 Å². The molecule has 3 aromatic carbocycles. The lowest BCUT2D eigenvalue weighted by molar-refractivity contribution is -0.143. The number of fused-ring (bicyclic) bond motifs is 5. The van der Waals surface area contributed by atoms with Crippen molar-refractivity contribution in [2.24, 2.45) is 5.10 Å². The Morgan fingerprint density at radius 1 is 0.943 bits per heavy atom. The molecule has 6 nitrogen and oxygen atoms in total. The first-order chi connectivity index (χ1) is 17.2. The van der Waals surface area contributed by atoms with Crippen LogP contribution in [-0.2, 0) is 0 Å². The maximum Gasteiger partial charge on any atom is 0.231 e. The van der Waals surface area contributed by atoms with Crippen LogP contribution < -0.4 is 18.9 Å². The lowest BCUT2D eigenvalue weighted by atomic mass is 9.78. The van der Waals surface area contributed by atoms with E-state index in [2.05, 4.69) is 47.5 Å². The molecule has 0 bridgehead atoms. The molecule has 1 spiro atoms. The van der Waals surface area contributed by atoms with Crippen molar-refractivity contribution in [1.29, 1.82) is 0 Å². The largest absolute Gasteiger partial charge is 0.493 e. The van der Waals surface area contributed by atoms with E-state index in [0.717, 1.165) is 71.9 Å². The fraction of sp³-hybridized carbons (Fsp3) is 0.345. The number of para-hydroxylation sites is 1. The highest BCUT2D eigenvalue weighted by atomic mass is 16.7. The van der Waals surface area contributed by atoms with Gasteiger partial charge in [-0.25, -0.2) is 5.01 Å². The van der Waals surface area contributed by atoms with Gasteiger partial charge in [0, 0.05) is 30.4 Å². The third-order valence-electron chi connectivity index (χ3n) is 7.95. The van der Waals surface area contributed by atoms with Gasteiger partial charge in [0.2, 0.25) is 6.79 Å². The van der Waals surface area contributed by atoms with Crippen molar-refractivity contribution < 1.29 is 18.9 Å². The van der Waals surface area contributed by atoms with Crippen molar-refractivity contribution in [3.8, 4) is 23.0 Å². The molecule has 0 saturated heterocycles. The van der Waals surface area contributed by atoms with Crippen molar-refractivity contribution in [3.63, 3.8) is 0 Å². The minimum absolute atomic E-state index is 0.113. The first-order valence-corrected chi connectivity index (χ1v) is 12.4. The van der Waals surface area contributed by atoms with Crippen molar-refractivity contribution in [2.75, 3.05) is 13.9 Å². The summed E-state index contributed by atoms with van der Waals surface area (Å²) in [4.78, 5) is 0. The topological polar surface area (TPSA) is 52.5 Å². The SMILES string of the molecule is COc1cccc2c1OC1(CCC(c3ccccc3)CC1)N1N=C(c3ccc4c(c3)OCO4)CC21. The Hall–Kier alpha value is -3.67. The quantitative estimate of drug-likeness (QED) is 0.470. The van der Waals surface area contributed by atoms with Gasteiger partial charge in [0.15, 0.2) is 28.7 Å². The van der Waals surface area contributed by atoms with E-state index in [9.17, 15) is 0 Å². The van der Waals surface area contributed by atoms with Gasteiger partial charge in [0.25, 0.3) is 0 Å². The number of nitrogens with zero attached hydrogens (tertiary/aromatic N) is 2. The molecule has 1 aliphatic carbocycles. The zero-order chi connectivity index (χ0) is 23.4. The van der Waals surface area contributed by atoms with Crippen LogP contribution >= 0.6 is 0 Å². The third kappa shape index (κ3) is 3.27. The second-order valence-electron chi connectivity index (χ2n) is 9.79. The second kappa shape index (κ2) is 7.94. The molecule has 178 valence electrons. The molecule has 6 heteroatoms. The predicted octanol–water partition coefficient (Wildman–Crippen LogP) is 6.02. The maximum absolute atomic E-state index is 6.89.